The first-order chi connectivity index (χ1) is 7.25. The second kappa shape index (κ2) is 5.13. The zero-order valence-corrected chi connectivity index (χ0v) is 10.8. The van der Waals surface area contributed by atoms with E-state index in [1.165, 1.54) is 31.4 Å². The van der Waals surface area contributed by atoms with Gasteiger partial charge in [0.05, 0.1) is 0 Å². The van der Waals surface area contributed by atoms with Crippen LogP contribution in [0.25, 0.3) is 0 Å². The van der Waals surface area contributed by atoms with Crippen molar-refractivity contribution in [3.63, 3.8) is 0 Å². The van der Waals surface area contributed by atoms with Crippen molar-refractivity contribution in [1.29, 1.82) is 0 Å². The van der Waals surface area contributed by atoms with E-state index in [4.69, 9.17) is 0 Å². The number of benzene rings is 1. The SMILES string of the molecule is C[C@H](NCC1CCC1)c1cccc(Br)c1. The number of hydrogen-bond donors (Lipinski definition) is 1. The summed E-state index contributed by atoms with van der Waals surface area (Å²) in [4.78, 5) is 0. The van der Waals surface area contributed by atoms with Gasteiger partial charge in [0.15, 0.2) is 0 Å². The Morgan fingerprint density at radius 2 is 2.27 bits per heavy atom. The van der Waals surface area contributed by atoms with Gasteiger partial charge in [-0.15, -0.1) is 0 Å². The number of nitrogens with one attached hydrogen (secondary N) is 1. The van der Waals surface area contributed by atoms with Crippen LogP contribution in [0.2, 0.25) is 0 Å². The average molecular weight is 268 g/mol. The third-order valence-electron chi connectivity index (χ3n) is 3.29. The summed E-state index contributed by atoms with van der Waals surface area (Å²) < 4.78 is 1.16. The molecule has 1 nitrogen and oxygen atoms in total. The average Bonchev–Trinajstić information content (AvgIpc) is 2.15. The van der Waals surface area contributed by atoms with Gasteiger partial charge in [-0.3, -0.25) is 0 Å². The predicted molar refractivity (Wildman–Crippen MR) is 67.9 cm³/mol. The summed E-state index contributed by atoms with van der Waals surface area (Å²) in [6.45, 7) is 3.41. The fourth-order valence-electron chi connectivity index (χ4n) is 1.93. The molecule has 2 heteroatoms. The molecule has 0 radical (unpaired) electrons. The highest BCUT2D eigenvalue weighted by molar-refractivity contribution is 9.10. The second-order valence-corrected chi connectivity index (χ2v) is 5.40. The molecule has 1 aromatic carbocycles. The van der Waals surface area contributed by atoms with Crippen LogP contribution < -0.4 is 5.32 Å². The van der Waals surface area contributed by atoms with Gasteiger partial charge in [0, 0.05) is 10.5 Å². The van der Waals surface area contributed by atoms with Crippen LogP contribution in [0.5, 0.6) is 0 Å². The molecule has 0 aromatic heterocycles. The first kappa shape index (κ1) is 11.2. The number of rotatable bonds is 4. The number of hydrogen-bond acceptors (Lipinski definition) is 1. The van der Waals surface area contributed by atoms with Crippen molar-refractivity contribution in [2.75, 3.05) is 6.54 Å². The molecule has 0 amide bonds. The van der Waals surface area contributed by atoms with E-state index in [-0.39, 0.29) is 0 Å². The largest absolute Gasteiger partial charge is 0.310 e. The predicted octanol–water partition coefficient (Wildman–Crippen LogP) is 3.90. The Labute approximate surface area is 100 Å². The Morgan fingerprint density at radius 3 is 2.87 bits per heavy atom. The minimum atomic E-state index is 0.461. The zero-order valence-electron chi connectivity index (χ0n) is 9.17. The molecular weight excluding hydrogens is 250 g/mol. The van der Waals surface area contributed by atoms with Gasteiger partial charge in [-0.1, -0.05) is 34.5 Å². The highest BCUT2D eigenvalue weighted by Gasteiger charge is 2.17. The van der Waals surface area contributed by atoms with E-state index in [9.17, 15) is 0 Å². The molecule has 1 N–H and O–H groups in total. The fourth-order valence-corrected chi connectivity index (χ4v) is 2.35. The van der Waals surface area contributed by atoms with Crippen LogP contribution >= 0.6 is 15.9 Å². The maximum atomic E-state index is 3.61. The van der Waals surface area contributed by atoms with E-state index in [1.54, 1.807) is 0 Å². The Hall–Kier alpha value is -0.340. The van der Waals surface area contributed by atoms with Gasteiger partial charge in [-0.2, -0.15) is 0 Å². The standard InChI is InChI=1S/C13H18BrN/c1-10(15-9-11-4-2-5-11)12-6-3-7-13(14)8-12/h3,6-8,10-11,15H,2,4-5,9H2,1H3/t10-/m0/s1. The molecule has 1 aliphatic carbocycles. The molecule has 2 rings (SSSR count). The monoisotopic (exact) mass is 267 g/mol. The molecule has 1 aliphatic rings. The van der Waals surface area contributed by atoms with Crippen molar-refractivity contribution < 1.29 is 0 Å². The van der Waals surface area contributed by atoms with Gasteiger partial charge in [0.1, 0.15) is 0 Å². The quantitative estimate of drug-likeness (QED) is 0.873. The van der Waals surface area contributed by atoms with E-state index in [1.807, 2.05) is 0 Å². The van der Waals surface area contributed by atoms with Gasteiger partial charge in [0.25, 0.3) is 0 Å². The van der Waals surface area contributed by atoms with Crippen molar-refractivity contribution in [1.82, 2.24) is 5.32 Å². The second-order valence-electron chi connectivity index (χ2n) is 4.48. The summed E-state index contributed by atoms with van der Waals surface area (Å²) in [7, 11) is 0. The number of halogens is 1. The summed E-state index contributed by atoms with van der Waals surface area (Å²) in [5.41, 5.74) is 1.36. The molecule has 0 heterocycles. The molecule has 0 unspecified atom stereocenters. The van der Waals surface area contributed by atoms with Crippen LogP contribution in [0.4, 0.5) is 0 Å². The van der Waals surface area contributed by atoms with Crippen molar-refractivity contribution in [2.24, 2.45) is 5.92 Å². The van der Waals surface area contributed by atoms with Crippen LogP contribution in [-0.2, 0) is 0 Å². The minimum absolute atomic E-state index is 0.461. The molecule has 1 fully saturated rings. The topological polar surface area (TPSA) is 12.0 Å². The molecule has 1 aromatic rings. The Balaban J connectivity index is 1.86. The van der Waals surface area contributed by atoms with E-state index < -0.39 is 0 Å². The van der Waals surface area contributed by atoms with E-state index in [0.29, 0.717) is 6.04 Å². The Kier molecular flexibility index (Phi) is 3.81. The van der Waals surface area contributed by atoms with Gasteiger partial charge in [-0.25, -0.2) is 0 Å². The molecule has 0 saturated heterocycles. The fraction of sp³-hybridized carbons (Fsp3) is 0.538. The smallest absolute Gasteiger partial charge is 0.0292 e. The van der Waals surface area contributed by atoms with Gasteiger partial charge < -0.3 is 5.32 Å². The lowest BCUT2D eigenvalue weighted by molar-refractivity contribution is 0.292. The molecule has 15 heavy (non-hydrogen) atoms. The molecule has 82 valence electrons. The van der Waals surface area contributed by atoms with Gasteiger partial charge >= 0.3 is 0 Å². The van der Waals surface area contributed by atoms with Gasteiger partial charge in [-0.05, 0) is 49.9 Å². The zero-order chi connectivity index (χ0) is 10.7. The van der Waals surface area contributed by atoms with Crippen molar-refractivity contribution >= 4 is 15.9 Å². The highest BCUT2D eigenvalue weighted by atomic mass is 79.9. The summed E-state index contributed by atoms with van der Waals surface area (Å²) in [6.07, 6.45) is 4.26. The lowest BCUT2D eigenvalue weighted by Gasteiger charge is -2.27. The van der Waals surface area contributed by atoms with Crippen molar-refractivity contribution in [2.45, 2.75) is 32.2 Å². The van der Waals surface area contributed by atoms with Gasteiger partial charge in [0.2, 0.25) is 0 Å². The molecule has 1 saturated carbocycles. The highest BCUT2D eigenvalue weighted by Crippen LogP contribution is 2.26. The van der Waals surface area contributed by atoms with Crippen LogP contribution in [-0.4, -0.2) is 6.54 Å². The van der Waals surface area contributed by atoms with Crippen molar-refractivity contribution in [3.8, 4) is 0 Å². The molecular formula is C13H18BrN. The Morgan fingerprint density at radius 1 is 1.47 bits per heavy atom. The molecule has 0 bridgehead atoms. The lowest BCUT2D eigenvalue weighted by atomic mass is 9.85. The van der Waals surface area contributed by atoms with Crippen molar-refractivity contribution in [3.05, 3.63) is 34.3 Å². The summed E-state index contributed by atoms with van der Waals surface area (Å²) in [6, 6.07) is 9.01. The molecule has 0 spiro atoms. The van der Waals surface area contributed by atoms with E-state index in [0.717, 1.165) is 10.4 Å². The maximum absolute atomic E-state index is 3.61. The molecule has 1 atom stereocenters. The first-order valence-electron chi connectivity index (χ1n) is 5.74. The molecule has 0 aliphatic heterocycles. The lowest BCUT2D eigenvalue weighted by Crippen LogP contribution is -2.29. The maximum Gasteiger partial charge on any atom is 0.0292 e. The van der Waals surface area contributed by atoms with Crippen LogP contribution in [0, 0.1) is 5.92 Å². The van der Waals surface area contributed by atoms with E-state index in [2.05, 4.69) is 52.4 Å². The first-order valence-corrected chi connectivity index (χ1v) is 6.54. The Bertz CT molecular complexity index is 320. The van der Waals surface area contributed by atoms with Crippen LogP contribution in [0.15, 0.2) is 28.7 Å². The normalized spacial score (nSPS) is 18.5. The summed E-state index contributed by atoms with van der Waals surface area (Å²) in [5, 5.41) is 3.61. The minimum Gasteiger partial charge on any atom is -0.310 e. The van der Waals surface area contributed by atoms with Crippen LogP contribution in [0.1, 0.15) is 37.8 Å². The summed E-state index contributed by atoms with van der Waals surface area (Å²) in [5.74, 6) is 0.930. The summed E-state index contributed by atoms with van der Waals surface area (Å²) >= 11 is 3.51. The van der Waals surface area contributed by atoms with E-state index >= 15 is 0 Å². The third kappa shape index (κ3) is 3.05. The third-order valence-corrected chi connectivity index (χ3v) is 3.78. The van der Waals surface area contributed by atoms with Crippen LogP contribution in [0.3, 0.4) is 0 Å².